The van der Waals surface area contributed by atoms with E-state index in [1.54, 1.807) is 0 Å². The Bertz CT molecular complexity index is 2870. The molecule has 0 atom stereocenters. The molecule has 266 valence electrons. The highest BCUT2D eigenvalue weighted by Crippen LogP contribution is 2.56. The second-order valence-electron chi connectivity index (χ2n) is 15.3. The molecule has 0 aliphatic heterocycles. The van der Waals surface area contributed by atoms with Crippen molar-refractivity contribution >= 4 is 27.8 Å². The van der Waals surface area contributed by atoms with Crippen LogP contribution in [-0.4, -0.2) is 0 Å². The van der Waals surface area contributed by atoms with Gasteiger partial charge in [-0.2, -0.15) is 0 Å². The molecular weight excluding hydrogens is 675 g/mol. The van der Waals surface area contributed by atoms with Crippen LogP contribution in [0.3, 0.4) is 0 Å². The molecule has 0 fully saturated rings. The Hall–Kier alpha value is -6.96. The van der Waals surface area contributed by atoms with Gasteiger partial charge in [0.15, 0.2) is 0 Å². The summed E-state index contributed by atoms with van der Waals surface area (Å²) >= 11 is 0. The summed E-state index contributed by atoms with van der Waals surface area (Å²) in [5.41, 5.74) is 18.1. The minimum atomic E-state index is -0.137. The Balaban J connectivity index is 1.26. The average Bonchev–Trinajstić information content (AvgIpc) is 3.50. The van der Waals surface area contributed by atoms with Crippen molar-refractivity contribution < 1.29 is 0 Å². The fraction of sp³-hybridized carbons (Fsp3) is 0.0545. The van der Waals surface area contributed by atoms with E-state index in [2.05, 4.69) is 231 Å². The summed E-state index contributed by atoms with van der Waals surface area (Å²) in [6.07, 6.45) is 0. The molecule has 0 N–H and O–H groups in total. The van der Waals surface area contributed by atoms with Gasteiger partial charge in [-0.3, -0.25) is 0 Å². The van der Waals surface area contributed by atoms with E-state index in [4.69, 9.17) is 0 Å². The quantitative estimate of drug-likeness (QED) is 0.159. The van der Waals surface area contributed by atoms with E-state index in [-0.39, 0.29) is 5.41 Å². The Morgan fingerprint density at radius 3 is 1.57 bits per heavy atom. The van der Waals surface area contributed by atoms with Crippen molar-refractivity contribution in [1.82, 2.24) is 0 Å². The van der Waals surface area contributed by atoms with Crippen LogP contribution in [0.2, 0.25) is 0 Å². The maximum Gasteiger partial charge on any atom is 0.0546 e. The average molecular weight is 716 g/mol. The molecule has 9 aromatic rings. The van der Waals surface area contributed by atoms with E-state index < -0.39 is 0 Å². The molecule has 0 unspecified atom stereocenters. The molecule has 1 heteroatoms. The van der Waals surface area contributed by atoms with Crippen LogP contribution in [0, 0.1) is 0 Å². The monoisotopic (exact) mass is 715 g/mol. The number of benzene rings is 9. The summed E-state index contributed by atoms with van der Waals surface area (Å²) in [5, 5.41) is 2.50. The second-order valence-corrected chi connectivity index (χ2v) is 15.3. The summed E-state index contributed by atoms with van der Waals surface area (Å²) in [6, 6.07) is 77.7. The molecule has 0 saturated carbocycles. The Morgan fingerprint density at radius 1 is 0.321 bits per heavy atom. The Morgan fingerprint density at radius 2 is 0.839 bits per heavy atom. The molecule has 0 saturated heterocycles. The third-order valence-corrected chi connectivity index (χ3v) is 11.7. The molecule has 0 spiro atoms. The van der Waals surface area contributed by atoms with Crippen LogP contribution < -0.4 is 4.90 Å². The second kappa shape index (κ2) is 13.7. The highest BCUT2D eigenvalue weighted by molar-refractivity contribution is 6.04. The zero-order valence-electron chi connectivity index (χ0n) is 31.7. The summed E-state index contributed by atoms with van der Waals surface area (Å²) < 4.78 is 0. The lowest BCUT2D eigenvalue weighted by molar-refractivity contribution is 0.660. The van der Waals surface area contributed by atoms with Gasteiger partial charge in [-0.05, 0) is 96.7 Å². The predicted octanol–water partition coefficient (Wildman–Crippen LogP) is 15.3. The third kappa shape index (κ3) is 5.63. The van der Waals surface area contributed by atoms with Crippen molar-refractivity contribution in [2.45, 2.75) is 19.3 Å². The standard InChI is InChI=1S/C55H41N/c1-55(2)49-27-14-13-25-48(49)54-50(55)28-16-30-52(54)56(44-35-33-39(34-36-44)43-32-31-38-17-9-10-22-42(38)37-43)51-29-15-26-46(41-20-7-4-8-21-41)53(51)47-24-12-11-23-45(47)40-18-5-3-6-19-40/h3-37H,1-2H3. The normalized spacial score (nSPS) is 12.6. The SMILES string of the molecule is CC1(C)c2ccccc2-c2c(N(c3ccc(-c4ccc5ccccc5c4)cc3)c3cccc(-c4ccccc4)c3-c3ccccc3-c3ccccc3)cccc21. The molecule has 0 bridgehead atoms. The maximum atomic E-state index is 2.52. The zero-order valence-corrected chi connectivity index (χ0v) is 31.7. The van der Waals surface area contributed by atoms with Crippen molar-refractivity contribution in [2.24, 2.45) is 0 Å². The van der Waals surface area contributed by atoms with Gasteiger partial charge in [-0.25, -0.2) is 0 Å². The summed E-state index contributed by atoms with van der Waals surface area (Å²) in [4.78, 5) is 2.52. The summed E-state index contributed by atoms with van der Waals surface area (Å²) in [6.45, 7) is 4.73. The fourth-order valence-electron chi connectivity index (χ4n) is 8.94. The first-order valence-electron chi connectivity index (χ1n) is 19.5. The Labute approximate surface area is 329 Å². The minimum absolute atomic E-state index is 0.137. The van der Waals surface area contributed by atoms with Gasteiger partial charge in [0.25, 0.3) is 0 Å². The van der Waals surface area contributed by atoms with Crippen LogP contribution in [0.1, 0.15) is 25.0 Å². The van der Waals surface area contributed by atoms with Gasteiger partial charge in [-0.1, -0.05) is 196 Å². The highest BCUT2D eigenvalue weighted by atomic mass is 15.1. The van der Waals surface area contributed by atoms with Gasteiger partial charge < -0.3 is 4.90 Å². The molecule has 1 aliphatic carbocycles. The van der Waals surface area contributed by atoms with Crippen molar-refractivity contribution in [2.75, 3.05) is 4.90 Å². The van der Waals surface area contributed by atoms with Crippen LogP contribution >= 0.6 is 0 Å². The number of hydrogen-bond acceptors (Lipinski definition) is 1. The molecular formula is C55H41N. The lowest BCUT2D eigenvalue weighted by Gasteiger charge is -2.32. The van der Waals surface area contributed by atoms with Crippen LogP contribution in [0.15, 0.2) is 212 Å². The molecule has 0 radical (unpaired) electrons. The van der Waals surface area contributed by atoms with Crippen molar-refractivity contribution in [3.05, 3.63) is 223 Å². The van der Waals surface area contributed by atoms with Gasteiger partial charge in [0.2, 0.25) is 0 Å². The van der Waals surface area contributed by atoms with Gasteiger partial charge >= 0.3 is 0 Å². The largest absolute Gasteiger partial charge is 0.309 e. The lowest BCUT2D eigenvalue weighted by Crippen LogP contribution is -2.16. The van der Waals surface area contributed by atoms with Gasteiger partial charge in [0, 0.05) is 22.2 Å². The van der Waals surface area contributed by atoms with Crippen LogP contribution in [-0.2, 0) is 5.41 Å². The van der Waals surface area contributed by atoms with E-state index in [0.717, 1.165) is 11.4 Å². The molecule has 0 amide bonds. The van der Waals surface area contributed by atoms with E-state index in [0.29, 0.717) is 0 Å². The van der Waals surface area contributed by atoms with Crippen LogP contribution in [0.25, 0.3) is 66.4 Å². The zero-order chi connectivity index (χ0) is 37.6. The molecule has 10 rings (SSSR count). The summed E-state index contributed by atoms with van der Waals surface area (Å²) in [5.74, 6) is 0. The van der Waals surface area contributed by atoms with Crippen molar-refractivity contribution in [3.8, 4) is 55.6 Å². The van der Waals surface area contributed by atoms with Crippen LogP contribution in [0.5, 0.6) is 0 Å². The van der Waals surface area contributed by atoms with Gasteiger partial charge in [0.05, 0.1) is 11.4 Å². The van der Waals surface area contributed by atoms with Gasteiger partial charge in [0.1, 0.15) is 0 Å². The topological polar surface area (TPSA) is 3.24 Å². The number of anilines is 3. The minimum Gasteiger partial charge on any atom is -0.309 e. The maximum absolute atomic E-state index is 2.52. The first kappa shape index (κ1) is 33.6. The van der Waals surface area contributed by atoms with E-state index in [9.17, 15) is 0 Å². The molecule has 1 aliphatic rings. The summed E-state index contributed by atoms with van der Waals surface area (Å²) in [7, 11) is 0. The molecule has 0 aromatic heterocycles. The number of rotatable bonds is 7. The fourth-order valence-corrected chi connectivity index (χ4v) is 8.94. The molecule has 0 heterocycles. The molecule has 56 heavy (non-hydrogen) atoms. The van der Waals surface area contributed by atoms with Crippen molar-refractivity contribution in [1.29, 1.82) is 0 Å². The first-order valence-corrected chi connectivity index (χ1v) is 19.5. The highest BCUT2D eigenvalue weighted by Gasteiger charge is 2.38. The van der Waals surface area contributed by atoms with Crippen LogP contribution in [0.4, 0.5) is 17.1 Å². The number of fused-ring (bicyclic) bond motifs is 4. The number of hydrogen-bond donors (Lipinski definition) is 0. The van der Waals surface area contributed by atoms with E-state index in [1.165, 1.54) is 83.2 Å². The van der Waals surface area contributed by atoms with E-state index in [1.807, 2.05) is 0 Å². The smallest absolute Gasteiger partial charge is 0.0546 e. The van der Waals surface area contributed by atoms with Gasteiger partial charge in [-0.15, -0.1) is 0 Å². The number of nitrogens with zero attached hydrogens (tertiary/aromatic N) is 1. The predicted molar refractivity (Wildman–Crippen MR) is 238 cm³/mol. The third-order valence-electron chi connectivity index (χ3n) is 11.7. The molecule has 1 nitrogen and oxygen atoms in total. The lowest BCUT2D eigenvalue weighted by atomic mass is 9.82. The first-order chi connectivity index (χ1) is 27.6. The Kier molecular flexibility index (Phi) is 8.23. The van der Waals surface area contributed by atoms with Crippen molar-refractivity contribution in [3.63, 3.8) is 0 Å². The molecule has 9 aromatic carbocycles. The van der Waals surface area contributed by atoms with E-state index >= 15 is 0 Å².